The first-order valence-corrected chi connectivity index (χ1v) is 13.1. The van der Waals surface area contributed by atoms with Gasteiger partial charge in [0.05, 0.1) is 35.1 Å². The lowest BCUT2D eigenvalue weighted by Gasteiger charge is -2.42. The van der Waals surface area contributed by atoms with Crippen molar-refractivity contribution in [2.75, 3.05) is 31.1 Å². The number of carbonyl (C=O) groups excluding carboxylic acids is 1. The van der Waals surface area contributed by atoms with Crippen LogP contribution in [0, 0.1) is 17.2 Å². The van der Waals surface area contributed by atoms with E-state index in [4.69, 9.17) is 9.97 Å². The lowest BCUT2D eigenvalue weighted by atomic mass is 9.99. The molecule has 2 aromatic heterocycles. The van der Waals surface area contributed by atoms with E-state index in [1.807, 2.05) is 35.2 Å². The first-order valence-electron chi connectivity index (χ1n) is 13.1. The van der Waals surface area contributed by atoms with Gasteiger partial charge in [-0.3, -0.25) is 4.79 Å². The summed E-state index contributed by atoms with van der Waals surface area (Å²) in [4.78, 5) is 31.4. The minimum atomic E-state index is -0.131. The summed E-state index contributed by atoms with van der Waals surface area (Å²) in [6.45, 7) is 5.58. The second-order valence-electron chi connectivity index (χ2n) is 10.2. The minimum Gasteiger partial charge on any atom is -0.396 e. The second-order valence-corrected chi connectivity index (χ2v) is 10.2. The quantitative estimate of drug-likeness (QED) is 0.531. The fourth-order valence-corrected chi connectivity index (χ4v) is 5.53. The van der Waals surface area contributed by atoms with Gasteiger partial charge >= 0.3 is 0 Å². The van der Waals surface area contributed by atoms with Gasteiger partial charge in [0, 0.05) is 42.9 Å². The number of amides is 1. The summed E-state index contributed by atoms with van der Waals surface area (Å²) in [7, 11) is 0. The summed E-state index contributed by atoms with van der Waals surface area (Å²) >= 11 is 0. The average Bonchev–Trinajstić information content (AvgIpc) is 3.85. The van der Waals surface area contributed by atoms with Crippen LogP contribution in [0.4, 0.5) is 5.82 Å². The van der Waals surface area contributed by atoms with Crippen molar-refractivity contribution in [2.45, 2.75) is 44.1 Å². The van der Waals surface area contributed by atoms with Gasteiger partial charge in [0.25, 0.3) is 0 Å². The summed E-state index contributed by atoms with van der Waals surface area (Å²) in [6, 6.07) is 12.3. The number of carbonyl (C=O) groups is 1. The number of pyridine rings is 1. The van der Waals surface area contributed by atoms with Crippen LogP contribution in [0.1, 0.15) is 55.1 Å². The molecule has 1 atom stereocenters. The van der Waals surface area contributed by atoms with E-state index in [1.54, 1.807) is 6.08 Å². The number of aliphatic hydroxyl groups excluding tert-OH is 1. The Balaban J connectivity index is 1.42. The number of aliphatic hydroxyl groups is 1. The molecule has 188 valence electrons. The van der Waals surface area contributed by atoms with Gasteiger partial charge in [0.2, 0.25) is 5.91 Å². The van der Waals surface area contributed by atoms with Gasteiger partial charge < -0.3 is 14.9 Å². The molecular formula is C29H30N6O2. The van der Waals surface area contributed by atoms with Gasteiger partial charge in [-0.1, -0.05) is 24.8 Å². The Morgan fingerprint density at radius 2 is 1.97 bits per heavy atom. The fourth-order valence-electron chi connectivity index (χ4n) is 5.53. The normalized spacial score (nSPS) is 19.6. The van der Waals surface area contributed by atoms with Crippen LogP contribution in [-0.4, -0.2) is 63.1 Å². The third-order valence-corrected chi connectivity index (χ3v) is 7.70. The van der Waals surface area contributed by atoms with E-state index >= 15 is 0 Å². The molecule has 1 N–H and O–H groups in total. The van der Waals surface area contributed by atoms with Gasteiger partial charge in [-0.15, -0.1) is 0 Å². The molecule has 2 saturated carbocycles. The van der Waals surface area contributed by atoms with Crippen LogP contribution in [0.15, 0.2) is 36.9 Å². The Morgan fingerprint density at radius 1 is 1.16 bits per heavy atom. The number of para-hydroxylation sites is 1. The van der Waals surface area contributed by atoms with Crippen LogP contribution in [0.25, 0.3) is 28.2 Å². The van der Waals surface area contributed by atoms with E-state index in [-0.39, 0.29) is 25.0 Å². The summed E-state index contributed by atoms with van der Waals surface area (Å²) in [5.41, 5.74) is 4.01. The number of piperazine rings is 1. The van der Waals surface area contributed by atoms with Crippen LogP contribution < -0.4 is 4.90 Å². The number of hydrogen-bond acceptors (Lipinski definition) is 7. The minimum absolute atomic E-state index is 0.00944. The Morgan fingerprint density at radius 3 is 2.68 bits per heavy atom. The van der Waals surface area contributed by atoms with Crippen molar-refractivity contribution in [2.24, 2.45) is 5.92 Å². The van der Waals surface area contributed by atoms with Gasteiger partial charge in [-0.2, -0.15) is 5.26 Å². The molecule has 0 spiro atoms. The molecule has 0 radical (unpaired) electrons. The molecule has 3 aromatic rings. The zero-order chi connectivity index (χ0) is 25.5. The number of rotatable bonds is 7. The molecule has 1 unspecified atom stereocenters. The van der Waals surface area contributed by atoms with Crippen molar-refractivity contribution in [3.63, 3.8) is 0 Å². The van der Waals surface area contributed by atoms with E-state index in [0.717, 1.165) is 53.5 Å². The molecule has 8 heteroatoms. The highest BCUT2D eigenvalue weighted by molar-refractivity contribution is 5.94. The van der Waals surface area contributed by atoms with Gasteiger partial charge in [-0.25, -0.2) is 15.0 Å². The highest BCUT2D eigenvalue weighted by atomic mass is 16.3. The highest BCUT2D eigenvalue weighted by Crippen LogP contribution is 2.46. The van der Waals surface area contributed by atoms with Crippen molar-refractivity contribution in [3.8, 4) is 17.3 Å². The first kappa shape index (κ1) is 23.6. The second kappa shape index (κ2) is 9.56. The molecule has 3 heterocycles. The Bertz CT molecular complexity index is 1420. The highest BCUT2D eigenvalue weighted by Gasteiger charge is 2.41. The first-order chi connectivity index (χ1) is 18.1. The van der Waals surface area contributed by atoms with E-state index in [1.165, 1.54) is 0 Å². The number of hydrogen-bond donors (Lipinski definition) is 1. The number of nitrogens with zero attached hydrogens (tertiary/aromatic N) is 6. The third-order valence-electron chi connectivity index (χ3n) is 7.70. The lowest BCUT2D eigenvalue weighted by molar-refractivity contribution is -0.135. The summed E-state index contributed by atoms with van der Waals surface area (Å²) in [5, 5.41) is 20.4. The predicted molar refractivity (Wildman–Crippen MR) is 142 cm³/mol. The van der Waals surface area contributed by atoms with E-state index in [9.17, 15) is 15.2 Å². The smallest absolute Gasteiger partial charge is 0.225 e. The van der Waals surface area contributed by atoms with E-state index in [0.29, 0.717) is 48.7 Å². The van der Waals surface area contributed by atoms with Crippen molar-refractivity contribution in [3.05, 3.63) is 54.0 Å². The Hall–Kier alpha value is -3.83. The molecule has 0 bridgehead atoms. The van der Waals surface area contributed by atoms with Crippen molar-refractivity contribution >= 4 is 28.7 Å². The van der Waals surface area contributed by atoms with Gasteiger partial charge in [-0.05, 0) is 49.8 Å². The number of aromatic nitrogens is 3. The average molecular weight is 495 g/mol. The summed E-state index contributed by atoms with van der Waals surface area (Å²) in [6.07, 6.45) is 6.16. The topological polar surface area (TPSA) is 106 Å². The molecule has 6 rings (SSSR count). The summed E-state index contributed by atoms with van der Waals surface area (Å²) < 4.78 is 0. The maximum atomic E-state index is 12.7. The molecule has 1 aliphatic heterocycles. The van der Waals surface area contributed by atoms with E-state index in [2.05, 4.69) is 22.5 Å². The van der Waals surface area contributed by atoms with Crippen LogP contribution in [0.3, 0.4) is 0 Å². The predicted octanol–water partition coefficient (Wildman–Crippen LogP) is 3.89. The monoisotopic (exact) mass is 494 g/mol. The van der Waals surface area contributed by atoms with Crippen LogP contribution in [-0.2, 0) is 4.79 Å². The molecule has 1 amide bonds. The van der Waals surface area contributed by atoms with Crippen molar-refractivity contribution < 1.29 is 9.90 Å². The molecule has 1 aromatic carbocycles. The van der Waals surface area contributed by atoms with Crippen molar-refractivity contribution in [1.29, 1.82) is 5.26 Å². The number of benzene rings is 1. The molecule has 2 aliphatic carbocycles. The fraction of sp³-hybridized carbons (Fsp3) is 0.414. The number of nitriles is 1. The van der Waals surface area contributed by atoms with Crippen LogP contribution >= 0.6 is 0 Å². The summed E-state index contributed by atoms with van der Waals surface area (Å²) in [5.74, 6) is 2.08. The molecule has 3 fully saturated rings. The van der Waals surface area contributed by atoms with Crippen molar-refractivity contribution in [1.82, 2.24) is 19.9 Å². The molecular weight excluding hydrogens is 464 g/mol. The van der Waals surface area contributed by atoms with Crippen LogP contribution in [0.5, 0.6) is 0 Å². The zero-order valence-corrected chi connectivity index (χ0v) is 20.8. The standard InChI is InChI=1S/C29H30N6O2/c1-2-25-31-23-6-4-3-5-21(23)28(32-25)22-15-20(16-30)29(33-27(22)19-9-10-19)34-12-13-35(26(37)11-14-36)24(17-34)18-7-8-18/h2-6,15,18-19,24,36H,1,7-14,17H2. The van der Waals surface area contributed by atoms with E-state index < -0.39 is 0 Å². The third kappa shape index (κ3) is 4.44. The lowest BCUT2D eigenvalue weighted by Crippen LogP contribution is -2.56. The Labute approximate surface area is 216 Å². The number of fused-ring (bicyclic) bond motifs is 1. The van der Waals surface area contributed by atoms with Gasteiger partial charge in [0.1, 0.15) is 11.9 Å². The largest absolute Gasteiger partial charge is 0.396 e. The van der Waals surface area contributed by atoms with Crippen LogP contribution in [0.2, 0.25) is 0 Å². The Kier molecular flexibility index (Phi) is 6.09. The zero-order valence-electron chi connectivity index (χ0n) is 20.8. The molecule has 37 heavy (non-hydrogen) atoms. The molecule has 8 nitrogen and oxygen atoms in total. The number of anilines is 1. The maximum absolute atomic E-state index is 12.7. The molecule has 1 saturated heterocycles. The molecule has 3 aliphatic rings. The van der Waals surface area contributed by atoms with Gasteiger partial charge in [0.15, 0.2) is 5.82 Å². The SMILES string of the molecule is C=Cc1nc(-c2cc(C#N)c(N3CCN(C(=O)CCO)C(C4CC4)C3)nc2C2CC2)c2ccccc2n1. The maximum Gasteiger partial charge on any atom is 0.225 e.